The third-order valence-electron chi connectivity index (χ3n) is 2.14. The van der Waals surface area contributed by atoms with Crippen LogP contribution in [0.5, 0.6) is 0 Å². The summed E-state index contributed by atoms with van der Waals surface area (Å²) in [4.78, 5) is 13.0. The van der Waals surface area contributed by atoms with E-state index >= 15 is 0 Å². The zero-order valence-corrected chi connectivity index (χ0v) is 10.6. The zero-order valence-electron chi connectivity index (χ0n) is 8.24. The molecule has 0 N–H and O–H groups in total. The Balaban J connectivity index is 2.41. The molecule has 0 bridgehead atoms. The third kappa shape index (κ3) is 2.38. The van der Waals surface area contributed by atoms with Crippen molar-refractivity contribution >= 4 is 27.3 Å². The molecule has 0 amide bonds. The van der Waals surface area contributed by atoms with Crippen LogP contribution >= 0.6 is 27.3 Å². The van der Waals surface area contributed by atoms with E-state index in [-0.39, 0.29) is 5.56 Å². The van der Waals surface area contributed by atoms with Crippen LogP contribution in [0.25, 0.3) is 0 Å². The number of hydrogen-bond acceptors (Lipinski definition) is 2. The number of nitrogens with zero attached hydrogens (tertiary/aromatic N) is 1. The molecule has 0 atom stereocenters. The lowest BCUT2D eigenvalue weighted by atomic mass is 10.3. The second-order valence-electron chi connectivity index (χ2n) is 3.35. The molecule has 0 unspecified atom stereocenters. The Morgan fingerprint density at radius 2 is 2.33 bits per heavy atom. The van der Waals surface area contributed by atoms with Crippen LogP contribution in [0, 0.1) is 6.92 Å². The smallest absolute Gasteiger partial charge is 0.253 e. The molecule has 0 spiro atoms. The Kier molecular flexibility index (Phi) is 3.07. The summed E-state index contributed by atoms with van der Waals surface area (Å²) in [5.41, 5.74) is 0.840. The molecule has 0 saturated heterocycles. The largest absolute Gasteiger partial charge is 0.309 e. The Labute approximate surface area is 100 Å². The van der Waals surface area contributed by atoms with E-state index < -0.39 is 0 Å². The second-order valence-corrected chi connectivity index (χ2v) is 5.30. The maximum atomic E-state index is 11.8. The van der Waals surface area contributed by atoms with Gasteiger partial charge in [-0.1, -0.05) is 6.07 Å². The van der Waals surface area contributed by atoms with E-state index in [1.807, 2.05) is 36.7 Å². The quantitative estimate of drug-likeness (QED) is 0.831. The highest BCUT2D eigenvalue weighted by molar-refractivity contribution is 9.10. The van der Waals surface area contributed by atoms with Crippen molar-refractivity contribution in [2.45, 2.75) is 13.5 Å². The predicted molar refractivity (Wildman–Crippen MR) is 66.6 cm³/mol. The van der Waals surface area contributed by atoms with Gasteiger partial charge >= 0.3 is 0 Å². The van der Waals surface area contributed by atoms with Crippen LogP contribution in [0.1, 0.15) is 10.4 Å². The van der Waals surface area contributed by atoms with Gasteiger partial charge in [0.2, 0.25) is 0 Å². The molecule has 0 saturated carbocycles. The van der Waals surface area contributed by atoms with E-state index in [0.29, 0.717) is 6.54 Å². The van der Waals surface area contributed by atoms with Gasteiger partial charge in [-0.05, 0) is 40.4 Å². The zero-order chi connectivity index (χ0) is 10.8. The van der Waals surface area contributed by atoms with Gasteiger partial charge in [-0.15, -0.1) is 11.3 Å². The van der Waals surface area contributed by atoms with Gasteiger partial charge in [-0.2, -0.15) is 0 Å². The molecule has 4 heteroatoms. The summed E-state index contributed by atoms with van der Waals surface area (Å²) in [6.07, 6.45) is 1.83. The molecule has 2 aromatic heterocycles. The first-order chi connectivity index (χ1) is 7.16. The number of halogens is 1. The SMILES string of the molecule is Cc1cc(Br)cn(Cc2cccs2)c1=O. The fourth-order valence-electron chi connectivity index (χ4n) is 1.43. The summed E-state index contributed by atoms with van der Waals surface area (Å²) in [6.45, 7) is 2.48. The minimum atomic E-state index is 0.0756. The van der Waals surface area contributed by atoms with Gasteiger partial charge < -0.3 is 4.57 Å². The lowest BCUT2D eigenvalue weighted by Gasteiger charge is -2.05. The molecule has 0 radical (unpaired) electrons. The fraction of sp³-hybridized carbons (Fsp3) is 0.182. The van der Waals surface area contributed by atoms with Crippen molar-refractivity contribution in [3.05, 3.63) is 55.0 Å². The first kappa shape index (κ1) is 10.6. The normalized spacial score (nSPS) is 10.5. The highest BCUT2D eigenvalue weighted by Gasteiger charge is 2.03. The van der Waals surface area contributed by atoms with Gasteiger partial charge in [0.15, 0.2) is 0 Å². The molecule has 2 heterocycles. The number of rotatable bonds is 2. The van der Waals surface area contributed by atoms with Gasteiger partial charge in [-0.3, -0.25) is 4.79 Å². The molecule has 0 aliphatic rings. The van der Waals surface area contributed by atoms with E-state index in [9.17, 15) is 4.79 Å². The lowest BCUT2D eigenvalue weighted by molar-refractivity contribution is 0.759. The van der Waals surface area contributed by atoms with Crippen molar-refractivity contribution in [2.75, 3.05) is 0 Å². The van der Waals surface area contributed by atoms with Crippen LogP contribution in [-0.4, -0.2) is 4.57 Å². The first-order valence-corrected chi connectivity index (χ1v) is 6.23. The predicted octanol–water partition coefficient (Wildman–Crippen LogP) is 3.03. The molecule has 2 aromatic rings. The van der Waals surface area contributed by atoms with Crippen LogP contribution in [0.4, 0.5) is 0 Å². The van der Waals surface area contributed by atoms with Crippen LogP contribution in [0.15, 0.2) is 39.0 Å². The van der Waals surface area contributed by atoms with E-state index in [1.165, 1.54) is 4.88 Å². The molecule has 78 valence electrons. The fourth-order valence-corrected chi connectivity index (χ4v) is 2.72. The van der Waals surface area contributed by atoms with Crippen LogP contribution in [0.2, 0.25) is 0 Å². The molecule has 0 aromatic carbocycles. The summed E-state index contributed by atoms with van der Waals surface area (Å²) < 4.78 is 2.67. The molecule has 0 fully saturated rings. The maximum absolute atomic E-state index is 11.8. The Morgan fingerprint density at radius 1 is 1.53 bits per heavy atom. The molecule has 0 aliphatic heterocycles. The van der Waals surface area contributed by atoms with Crippen molar-refractivity contribution in [2.24, 2.45) is 0 Å². The summed E-state index contributed by atoms with van der Waals surface area (Å²) in [5.74, 6) is 0. The summed E-state index contributed by atoms with van der Waals surface area (Å²) in [6, 6.07) is 5.87. The van der Waals surface area contributed by atoms with Gasteiger partial charge in [0.1, 0.15) is 0 Å². The van der Waals surface area contributed by atoms with Crippen molar-refractivity contribution in [1.29, 1.82) is 0 Å². The van der Waals surface area contributed by atoms with Crippen LogP contribution in [0.3, 0.4) is 0 Å². The van der Waals surface area contributed by atoms with Crippen molar-refractivity contribution < 1.29 is 0 Å². The van der Waals surface area contributed by atoms with E-state index in [2.05, 4.69) is 15.9 Å². The molecular weight excluding hydrogens is 274 g/mol. The van der Waals surface area contributed by atoms with Crippen LogP contribution < -0.4 is 5.56 Å². The first-order valence-electron chi connectivity index (χ1n) is 4.56. The molecule has 15 heavy (non-hydrogen) atoms. The highest BCUT2D eigenvalue weighted by atomic mass is 79.9. The number of hydrogen-bond donors (Lipinski definition) is 0. The van der Waals surface area contributed by atoms with Crippen LogP contribution in [-0.2, 0) is 6.54 Å². The number of aryl methyl sites for hydroxylation is 1. The average Bonchev–Trinajstić information content (AvgIpc) is 2.66. The third-order valence-corrected chi connectivity index (χ3v) is 3.43. The van der Waals surface area contributed by atoms with Gasteiger partial charge in [0.25, 0.3) is 5.56 Å². The van der Waals surface area contributed by atoms with E-state index in [0.717, 1.165) is 10.0 Å². The molecular formula is C11H10BrNOS. The summed E-state index contributed by atoms with van der Waals surface area (Å²) in [7, 11) is 0. The Morgan fingerprint density at radius 3 is 3.00 bits per heavy atom. The van der Waals surface area contributed by atoms with Crippen molar-refractivity contribution in [3.63, 3.8) is 0 Å². The topological polar surface area (TPSA) is 22.0 Å². The average molecular weight is 284 g/mol. The summed E-state index contributed by atoms with van der Waals surface area (Å²) in [5, 5.41) is 2.02. The monoisotopic (exact) mass is 283 g/mol. The lowest BCUT2D eigenvalue weighted by Crippen LogP contribution is -2.21. The second kappa shape index (κ2) is 4.33. The summed E-state index contributed by atoms with van der Waals surface area (Å²) >= 11 is 5.06. The maximum Gasteiger partial charge on any atom is 0.253 e. The molecule has 0 aliphatic carbocycles. The van der Waals surface area contributed by atoms with Crippen molar-refractivity contribution in [3.8, 4) is 0 Å². The Hall–Kier alpha value is -0.870. The standard InChI is InChI=1S/C11H10BrNOS/c1-8-5-9(12)6-13(11(8)14)7-10-3-2-4-15-10/h2-6H,7H2,1H3. The number of aromatic nitrogens is 1. The number of pyridine rings is 1. The number of thiophene rings is 1. The Bertz CT molecular complexity index is 516. The van der Waals surface area contributed by atoms with E-state index in [4.69, 9.17) is 0 Å². The molecule has 2 nitrogen and oxygen atoms in total. The van der Waals surface area contributed by atoms with E-state index in [1.54, 1.807) is 15.9 Å². The van der Waals surface area contributed by atoms with Gasteiger partial charge in [0.05, 0.1) is 6.54 Å². The minimum absolute atomic E-state index is 0.0756. The molecule has 2 rings (SSSR count). The minimum Gasteiger partial charge on any atom is -0.309 e. The van der Waals surface area contributed by atoms with Gasteiger partial charge in [-0.25, -0.2) is 0 Å². The van der Waals surface area contributed by atoms with Crippen molar-refractivity contribution in [1.82, 2.24) is 4.57 Å². The van der Waals surface area contributed by atoms with Gasteiger partial charge in [0, 0.05) is 21.1 Å². The highest BCUT2D eigenvalue weighted by Crippen LogP contribution is 2.12.